The molecule has 2 heterocycles. The van der Waals surface area contributed by atoms with Crippen LogP contribution in [0.15, 0.2) is 59.8 Å². The van der Waals surface area contributed by atoms with E-state index in [1.54, 1.807) is 18.2 Å². The molecule has 0 saturated heterocycles. The largest absolute Gasteiger partial charge is 0.364 e. The fourth-order valence-corrected chi connectivity index (χ4v) is 3.61. The molecule has 0 bridgehead atoms. The number of nitrogens with zero attached hydrogens (tertiary/aromatic N) is 1. The average Bonchev–Trinajstić information content (AvgIpc) is 3.25. The first-order valence-electron chi connectivity index (χ1n) is 7.30. The zero-order valence-corrected chi connectivity index (χ0v) is 14.0. The van der Waals surface area contributed by atoms with Gasteiger partial charge in [0.1, 0.15) is 11.0 Å². The predicted octanol–water partition coefficient (Wildman–Crippen LogP) is 3.01. The molecule has 0 aliphatic carbocycles. The van der Waals surface area contributed by atoms with Crippen LogP contribution in [0.4, 0.5) is 5.69 Å². The molecular weight excluding hydrogens is 346 g/mol. The van der Waals surface area contributed by atoms with E-state index < -0.39 is 11.0 Å². The Balaban J connectivity index is 1.60. The number of anilines is 1. The Hall–Kier alpha value is -2.51. The third-order valence-electron chi connectivity index (χ3n) is 3.64. The van der Waals surface area contributed by atoms with E-state index in [1.165, 1.54) is 0 Å². The van der Waals surface area contributed by atoms with E-state index in [0.29, 0.717) is 15.6 Å². The van der Waals surface area contributed by atoms with Crippen molar-refractivity contribution in [2.75, 3.05) is 4.72 Å². The monoisotopic (exact) mass is 359 g/mol. The molecule has 0 radical (unpaired) electrons. The number of nitrogens with one attached hydrogen (secondary N) is 4. The fraction of sp³-hybridized carbons (Fsp3) is 0.0625. The minimum absolute atomic E-state index is 0.0763. The number of aromatic nitrogens is 2. The normalized spacial score (nSPS) is 15.2. The molecule has 0 saturated carbocycles. The minimum Gasteiger partial charge on any atom is -0.364 e. The van der Waals surface area contributed by atoms with Crippen molar-refractivity contribution in [1.82, 2.24) is 20.6 Å². The first-order valence-corrected chi connectivity index (χ1v) is 8.83. The first-order chi connectivity index (χ1) is 11.7. The number of hydrogen-bond donors (Lipinski definition) is 4. The Morgan fingerprint density at radius 3 is 2.71 bits per heavy atom. The van der Waals surface area contributed by atoms with Crippen LogP contribution in [0.2, 0.25) is 5.02 Å². The summed E-state index contributed by atoms with van der Waals surface area (Å²) >= 11 is 6.09. The second-order valence-electron chi connectivity index (χ2n) is 5.25. The van der Waals surface area contributed by atoms with E-state index in [4.69, 9.17) is 11.6 Å². The van der Waals surface area contributed by atoms with Gasteiger partial charge in [-0.05, 0) is 30.3 Å². The van der Waals surface area contributed by atoms with Gasteiger partial charge >= 0.3 is 0 Å². The summed E-state index contributed by atoms with van der Waals surface area (Å²) in [5.41, 5.74) is 2.28. The van der Waals surface area contributed by atoms with Crippen LogP contribution in [-0.4, -0.2) is 14.2 Å². The highest BCUT2D eigenvalue weighted by Gasteiger charge is 2.16. The van der Waals surface area contributed by atoms with Gasteiger partial charge in [-0.3, -0.25) is 4.72 Å². The maximum atomic E-state index is 12.5. The van der Waals surface area contributed by atoms with E-state index >= 15 is 0 Å². The summed E-state index contributed by atoms with van der Waals surface area (Å²) in [6, 6.07) is 12.7. The number of aromatic amines is 1. The highest BCUT2D eigenvalue weighted by atomic mass is 35.5. The average molecular weight is 360 g/mol. The Morgan fingerprint density at radius 2 is 1.92 bits per heavy atom. The highest BCUT2D eigenvalue weighted by Crippen LogP contribution is 2.24. The van der Waals surface area contributed by atoms with Crippen LogP contribution < -0.4 is 15.4 Å². The Labute approximate surface area is 145 Å². The number of H-pyrrole nitrogens is 1. The van der Waals surface area contributed by atoms with Crippen molar-refractivity contribution in [2.24, 2.45) is 0 Å². The molecule has 0 spiro atoms. The van der Waals surface area contributed by atoms with Crippen LogP contribution in [0.1, 0.15) is 12.0 Å². The van der Waals surface area contributed by atoms with Crippen LogP contribution in [-0.2, 0) is 11.0 Å². The predicted molar refractivity (Wildman–Crippen MR) is 95.7 cm³/mol. The van der Waals surface area contributed by atoms with Gasteiger partial charge in [-0.1, -0.05) is 23.7 Å². The second-order valence-corrected chi connectivity index (χ2v) is 6.87. The van der Waals surface area contributed by atoms with Crippen molar-refractivity contribution in [3.63, 3.8) is 0 Å². The standard InChI is InChI=1S/C16H14ClN5OS/c17-11-3-1-2-4-12(11)22-24(23)10-5-6-13-14(9-10)21-16(20-13)15-18-7-8-19-15/h1-9,15,18-19,22H,(H,20,21). The van der Waals surface area contributed by atoms with E-state index in [1.807, 2.05) is 36.7 Å². The number of rotatable bonds is 4. The van der Waals surface area contributed by atoms with Gasteiger partial charge < -0.3 is 15.6 Å². The molecule has 3 aromatic rings. The van der Waals surface area contributed by atoms with Gasteiger partial charge in [0.25, 0.3) is 0 Å². The van der Waals surface area contributed by atoms with E-state index in [9.17, 15) is 4.21 Å². The lowest BCUT2D eigenvalue weighted by molar-refractivity contribution is 0.577. The molecule has 0 amide bonds. The molecule has 4 N–H and O–H groups in total. The molecule has 1 aromatic heterocycles. The van der Waals surface area contributed by atoms with Crippen molar-refractivity contribution in [3.05, 3.63) is 65.7 Å². The van der Waals surface area contributed by atoms with Gasteiger partial charge in [0.05, 0.1) is 26.6 Å². The number of fused-ring (bicyclic) bond motifs is 1. The Kier molecular flexibility index (Phi) is 3.87. The van der Waals surface area contributed by atoms with Gasteiger partial charge in [0, 0.05) is 12.4 Å². The molecule has 1 unspecified atom stereocenters. The van der Waals surface area contributed by atoms with Crippen LogP contribution in [0, 0.1) is 0 Å². The molecule has 2 aromatic carbocycles. The number of halogens is 1. The molecule has 8 heteroatoms. The molecule has 1 atom stereocenters. The number of hydrogen-bond acceptors (Lipinski definition) is 4. The summed E-state index contributed by atoms with van der Waals surface area (Å²) in [7, 11) is -1.42. The van der Waals surface area contributed by atoms with E-state index in [2.05, 4.69) is 25.3 Å². The fourth-order valence-electron chi connectivity index (χ4n) is 2.46. The summed E-state index contributed by atoms with van der Waals surface area (Å²) in [4.78, 5) is 8.42. The van der Waals surface area contributed by atoms with Gasteiger partial charge in [-0.2, -0.15) is 0 Å². The van der Waals surface area contributed by atoms with Gasteiger partial charge in [0.15, 0.2) is 12.0 Å². The van der Waals surface area contributed by atoms with Crippen molar-refractivity contribution in [3.8, 4) is 0 Å². The molecule has 0 fully saturated rings. The lowest BCUT2D eigenvalue weighted by atomic mass is 10.3. The van der Waals surface area contributed by atoms with E-state index in [-0.39, 0.29) is 6.17 Å². The zero-order chi connectivity index (χ0) is 16.5. The van der Waals surface area contributed by atoms with Crippen molar-refractivity contribution >= 4 is 39.3 Å². The first kappa shape index (κ1) is 15.0. The zero-order valence-electron chi connectivity index (χ0n) is 12.4. The topological polar surface area (TPSA) is 81.8 Å². The number of imidazole rings is 1. The third kappa shape index (κ3) is 2.83. The Morgan fingerprint density at radius 1 is 1.12 bits per heavy atom. The molecule has 24 heavy (non-hydrogen) atoms. The smallest absolute Gasteiger partial charge is 0.156 e. The number of para-hydroxylation sites is 1. The van der Waals surface area contributed by atoms with Crippen LogP contribution in [0.25, 0.3) is 11.0 Å². The molecule has 6 nitrogen and oxygen atoms in total. The molecule has 122 valence electrons. The van der Waals surface area contributed by atoms with Crippen molar-refractivity contribution < 1.29 is 4.21 Å². The summed E-state index contributed by atoms with van der Waals surface area (Å²) in [5, 5.41) is 6.80. The molecular formula is C16H14ClN5OS. The van der Waals surface area contributed by atoms with E-state index in [0.717, 1.165) is 16.9 Å². The summed E-state index contributed by atoms with van der Waals surface area (Å²) in [6.45, 7) is 0. The third-order valence-corrected chi connectivity index (χ3v) is 5.06. The summed E-state index contributed by atoms with van der Waals surface area (Å²) < 4.78 is 15.5. The lowest BCUT2D eigenvalue weighted by Crippen LogP contribution is -2.22. The van der Waals surface area contributed by atoms with Crippen molar-refractivity contribution in [1.29, 1.82) is 0 Å². The summed E-state index contributed by atoms with van der Waals surface area (Å²) in [6.07, 6.45) is 3.57. The lowest BCUT2D eigenvalue weighted by Gasteiger charge is -2.08. The quantitative estimate of drug-likeness (QED) is 0.577. The van der Waals surface area contributed by atoms with Crippen LogP contribution in [0.5, 0.6) is 0 Å². The maximum absolute atomic E-state index is 12.5. The SMILES string of the molecule is O=S(Nc1ccccc1Cl)c1ccc2nc(C3NC=CN3)[nH]c2c1. The maximum Gasteiger partial charge on any atom is 0.156 e. The minimum atomic E-state index is -1.42. The molecule has 1 aliphatic rings. The van der Waals surface area contributed by atoms with Gasteiger partial charge in [-0.15, -0.1) is 0 Å². The van der Waals surface area contributed by atoms with Gasteiger partial charge in [-0.25, -0.2) is 9.19 Å². The Bertz CT molecular complexity index is 947. The van der Waals surface area contributed by atoms with Crippen LogP contribution >= 0.6 is 11.6 Å². The highest BCUT2D eigenvalue weighted by molar-refractivity contribution is 7.86. The molecule has 4 rings (SSSR count). The second kappa shape index (κ2) is 6.18. The summed E-state index contributed by atoms with van der Waals surface area (Å²) in [5.74, 6) is 0.775. The number of benzene rings is 2. The van der Waals surface area contributed by atoms with Crippen LogP contribution in [0.3, 0.4) is 0 Å². The molecule has 1 aliphatic heterocycles. The van der Waals surface area contributed by atoms with Gasteiger partial charge in [0.2, 0.25) is 0 Å². The van der Waals surface area contributed by atoms with Crippen molar-refractivity contribution in [2.45, 2.75) is 11.1 Å².